The van der Waals surface area contributed by atoms with E-state index in [1.165, 1.54) is 0 Å². The molecule has 168 valence electrons. The largest absolute Gasteiger partial charge is 0.493 e. The average Bonchev–Trinajstić information content (AvgIpc) is 3.14. The molecule has 2 heterocycles. The lowest BCUT2D eigenvalue weighted by atomic mass is 9.84. The van der Waals surface area contributed by atoms with E-state index >= 15 is 0 Å². The molecule has 1 aliphatic carbocycles. The van der Waals surface area contributed by atoms with Gasteiger partial charge in [-0.2, -0.15) is 0 Å². The molecule has 2 aliphatic heterocycles. The molecule has 1 saturated heterocycles. The van der Waals surface area contributed by atoms with Crippen LogP contribution in [0.1, 0.15) is 51.3 Å². The number of benzene rings is 1. The normalized spacial score (nSPS) is 32.9. The Morgan fingerprint density at radius 3 is 2.53 bits per heavy atom. The van der Waals surface area contributed by atoms with Gasteiger partial charge in [0.05, 0.1) is 37.4 Å². The summed E-state index contributed by atoms with van der Waals surface area (Å²) in [6, 6.07) is 3.97. The third kappa shape index (κ3) is 4.04. The number of hydrogen-bond donors (Lipinski definition) is 1. The highest BCUT2D eigenvalue weighted by atomic mass is 19.3. The number of halogens is 2. The second-order valence-corrected chi connectivity index (χ2v) is 9.92. The highest BCUT2D eigenvalue weighted by Gasteiger charge is 2.65. The molecule has 2 fully saturated rings. The fourth-order valence-electron chi connectivity index (χ4n) is 4.83. The van der Waals surface area contributed by atoms with E-state index < -0.39 is 23.9 Å². The Bertz CT molecular complexity index is 794. The summed E-state index contributed by atoms with van der Waals surface area (Å²) in [7, 11) is 1.56. The molecule has 0 spiro atoms. The molecular formula is C23H33F2NO4. The van der Waals surface area contributed by atoms with Gasteiger partial charge < -0.3 is 19.3 Å². The van der Waals surface area contributed by atoms with Gasteiger partial charge in [-0.15, -0.1) is 0 Å². The zero-order chi connectivity index (χ0) is 21.8. The third-order valence-electron chi connectivity index (χ3n) is 6.72. The first-order valence-corrected chi connectivity index (χ1v) is 10.8. The van der Waals surface area contributed by atoms with Crippen molar-refractivity contribution in [3.05, 3.63) is 23.3 Å². The lowest BCUT2D eigenvalue weighted by Crippen LogP contribution is -2.53. The number of ether oxygens (including phenoxy) is 3. The summed E-state index contributed by atoms with van der Waals surface area (Å²) < 4.78 is 44.5. The van der Waals surface area contributed by atoms with Gasteiger partial charge in [0.2, 0.25) is 0 Å². The van der Waals surface area contributed by atoms with Crippen molar-refractivity contribution in [2.24, 2.45) is 11.8 Å². The number of rotatable bonds is 5. The smallest absolute Gasteiger partial charge is 0.257 e. The molecule has 0 bridgehead atoms. The number of aliphatic hydroxyl groups excluding tert-OH is 1. The van der Waals surface area contributed by atoms with E-state index in [2.05, 4.69) is 4.90 Å². The minimum atomic E-state index is -2.63. The average molecular weight is 426 g/mol. The second-order valence-electron chi connectivity index (χ2n) is 9.92. The highest BCUT2D eigenvalue weighted by Crippen LogP contribution is 2.55. The van der Waals surface area contributed by atoms with Crippen LogP contribution in [-0.2, 0) is 11.2 Å². The molecule has 30 heavy (non-hydrogen) atoms. The summed E-state index contributed by atoms with van der Waals surface area (Å²) in [4.78, 5) is 2.36. The SMILES string of the molecule is COc1cc2c(cc1OC[C@H]1[C@H](C)C1(F)F)CCN1CC(OC(C)(C)C)C(O)CC21. The number of methoxy groups -OCH3 is 1. The number of aliphatic hydroxyl groups is 1. The van der Waals surface area contributed by atoms with Crippen molar-refractivity contribution >= 4 is 0 Å². The summed E-state index contributed by atoms with van der Waals surface area (Å²) in [5.41, 5.74) is 1.94. The van der Waals surface area contributed by atoms with Crippen LogP contribution in [0.3, 0.4) is 0 Å². The van der Waals surface area contributed by atoms with Crippen LogP contribution in [0.5, 0.6) is 11.5 Å². The van der Waals surface area contributed by atoms with Crippen LogP contribution in [-0.4, -0.2) is 60.5 Å². The van der Waals surface area contributed by atoms with Crippen LogP contribution in [0.15, 0.2) is 12.1 Å². The van der Waals surface area contributed by atoms with Gasteiger partial charge in [0, 0.05) is 25.0 Å². The van der Waals surface area contributed by atoms with Gasteiger partial charge in [-0.25, -0.2) is 8.78 Å². The summed E-state index contributed by atoms with van der Waals surface area (Å²) in [5.74, 6) is -2.94. The number of fused-ring (bicyclic) bond motifs is 3. The monoisotopic (exact) mass is 425 g/mol. The molecule has 1 saturated carbocycles. The van der Waals surface area contributed by atoms with E-state index in [9.17, 15) is 13.9 Å². The first kappa shape index (κ1) is 21.8. The van der Waals surface area contributed by atoms with Crippen molar-refractivity contribution in [1.29, 1.82) is 0 Å². The molecule has 0 aromatic heterocycles. The van der Waals surface area contributed by atoms with Gasteiger partial charge in [-0.3, -0.25) is 4.90 Å². The van der Waals surface area contributed by atoms with Crippen LogP contribution in [0.25, 0.3) is 0 Å². The Morgan fingerprint density at radius 2 is 1.93 bits per heavy atom. The van der Waals surface area contributed by atoms with Crippen molar-refractivity contribution in [3.8, 4) is 11.5 Å². The highest BCUT2D eigenvalue weighted by molar-refractivity contribution is 5.49. The molecule has 1 aromatic carbocycles. The Morgan fingerprint density at radius 1 is 1.23 bits per heavy atom. The maximum Gasteiger partial charge on any atom is 0.257 e. The summed E-state index contributed by atoms with van der Waals surface area (Å²) >= 11 is 0. The van der Waals surface area contributed by atoms with Crippen LogP contribution in [0.4, 0.5) is 8.78 Å². The van der Waals surface area contributed by atoms with E-state index in [1.807, 2.05) is 32.9 Å². The van der Waals surface area contributed by atoms with Crippen LogP contribution in [0.2, 0.25) is 0 Å². The lowest BCUT2D eigenvalue weighted by molar-refractivity contribution is -0.149. The minimum Gasteiger partial charge on any atom is -0.493 e. The van der Waals surface area contributed by atoms with Crippen LogP contribution < -0.4 is 9.47 Å². The van der Waals surface area contributed by atoms with Crippen molar-refractivity contribution < 1.29 is 28.1 Å². The van der Waals surface area contributed by atoms with Gasteiger partial charge in [0.25, 0.3) is 5.92 Å². The molecule has 0 amide bonds. The van der Waals surface area contributed by atoms with Crippen molar-refractivity contribution in [3.63, 3.8) is 0 Å². The fourth-order valence-corrected chi connectivity index (χ4v) is 4.83. The predicted octanol–water partition coefficient (Wildman–Crippen LogP) is 3.82. The molecule has 5 nitrogen and oxygen atoms in total. The zero-order valence-electron chi connectivity index (χ0n) is 18.5. The molecule has 5 atom stereocenters. The molecule has 4 rings (SSSR count). The topological polar surface area (TPSA) is 51.2 Å². The van der Waals surface area contributed by atoms with Gasteiger partial charge in [0.15, 0.2) is 11.5 Å². The Labute approximate surface area is 177 Å². The Balaban J connectivity index is 1.51. The molecule has 1 aromatic rings. The molecule has 1 N–H and O–H groups in total. The zero-order valence-corrected chi connectivity index (χ0v) is 18.5. The maximum atomic E-state index is 13.6. The van der Waals surface area contributed by atoms with E-state index in [1.54, 1.807) is 14.0 Å². The predicted molar refractivity (Wildman–Crippen MR) is 109 cm³/mol. The molecule has 7 heteroatoms. The lowest BCUT2D eigenvalue weighted by Gasteiger charge is -2.46. The molecule has 0 radical (unpaired) electrons. The number of nitrogens with zero attached hydrogens (tertiary/aromatic N) is 1. The summed E-state index contributed by atoms with van der Waals surface area (Å²) in [6.45, 7) is 9.09. The molecule has 3 unspecified atom stereocenters. The first-order valence-electron chi connectivity index (χ1n) is 10.8. The van der Waals surface area contributed by atoms with Crippen LogP contribution in [0, 0.1) is 11.8 Å². The Hall–Kier alpha value is -1.44. The third-order valence-corrected chi connectivity index (χ3v) is 6.72. The van der Waals surface area contributed by atoms with Gasteiger partial charge >= 0.3 is 0 Å². The quantitative estimate of drug-likeness (QED) is 0.777. The minimum absolute atomic E-state index is 0.0105. The standard InChI is InChI=1S/C23H33F2NO4/c1-13-16(23(13,24)25)12-29-20-8-14-6-7-26-11-21(30-22(2,3)4)18(27)10-17(26)15(14)9-19(20)28-5/h8-9,13,16-18,21,27H,6-7,10-12H2,1-5H3/t13-,16-,17?,18?,21?/m0/s1. The van der Waals surface area contributed by atoms with E-state index in [0.717, 1.165) is 24.1 Å². The molecular weight excluding hydrogens is 392 g/mol. The summed E-state index contributed by atoms with van der Waals surface area (Å²) in [6.07, 6.45) is 0.662. The van der Waals surface area contributed by atoms with E-state index in [0.29, 0.717) is 24.5 Å². The second kappa shape index (κ2) is 7.61. The number of alkyl halides is 2. The van der Waals surface area contributed by atoms with Gasteiger partial charge in [-0.1, -0.05) is 6.92 Å². The number of piperidine rings is 1. The van der Waals surface area contributed by atoms with Crippen molar-refractivity contribution in [2.75, 3.05) is 26.8 Å². The maximum absolute atomic E-state index is 13.6. The van der Waals surface area contributed by atoms with Crippen LogP contribution >= 0.6 is 0 Å². The van der Waals surface area contributed by atoms with Crippen molar-refractivity contribution in [1.82, 2.24) is 4.90 Å². The summed E-state index contributed by atoms with van der Waals surface area (Å²) in [5, 5.41) is 10.7. The van der Waals surface area contributed by atoms with Gasteiger partial charge in [0.1, 0.15) is 0 Å². The van der Waals surface area contributed by atoms with Crippen molar-refractivity contribution in [2.45, 2.75) is 70.3 Å². The number of hydrogen-bond acceptors (Lipinski definition) is 5. The Kier molecular flexibility index (Phi) is 5.52. The first-order chi connectivity index (χ1) is 14.0. The van der Waals surface area contributed by atoms with Gasteiger partial charge in [-0.05, 0) is 56.9 Å². The van der Waals surface area contributed by atoms with E-state index in [4.69, 9.17) is 14.2 Å². The fraction of sp³-hybridized carbons (Fsp3) is 0.739. The molecule has 3 aliphatic rings. The van der Waals surface area contributed by atoms with E-state index in [-0.39, 0.29) is 24.4 Å².